The molecule has 1 nitrogen and oxygen atoms in total. The molecule has 94 valence electrons. The predicted octanol–water partition coefficient (Wildman–Crippen LogP) is 4.14. The van der Waals surface area contributed by atoms with Crippen LogP contribution in [0.25, 0.3) is 0 Å². The second-order valence-corrected chi connectivity index (χ2v) is 5.41. The minimum Gasteiger partial charge on any atom is -0.310 e. The molecular weight excluding hydrogens is 206 g/mol. The lowest BCUT2D eigenvalue weighted by atomic mass is 9.76. The second kappa shape index (κ2) is 5.68. The molecule has 1 N–H and O–H groups in total. The molecule has 0 spiro atoms. The third kappa shape index (κ3) is 2.71. The molecule has 1 saturated carbocycles. The smallest absolute Gasteiger partial charge is 0.0351 e. The highest BCUT2D eigenvalue weighted by Gasteiger charge is 2.28. The van der Waals surface area contributed by atoms with Crippen LogP contribution in [0.2, 0.25) is 0 Å². The van der Waals surface area contributed by atoms with Gasteiger partial charge in [-0.1, -0.05) is 31.5 Å². The predicted molar refractivity (Wildman–Crippen MR) is 74.3 cm³/mol. The van der Waals surface area contributed by atoms with Gasteiger partial charge in [0.25, 0.3) is 0 Å². The van der Waals surface area contributed by atoms with Crippen LogP contribution in [-0.2, 0) is 0 Å². The molecule has 0 heterocycles. The zero-order valence-corrected chi connectivity index (χ0v) is 11.4. The monoisotopic (exact) mass is 231 g/mol. The standard InChI is InChI=1S/C16H25N/c1-4-11-17-16(14-8-6-9-14)15-10-5-7-12(2)13(15)3/h5,7,10,14,16-17H,4,6,8-9,11H2,1-3H3. The van der Waals surface area contributed by atoms with Crippen LogP contribution in [-0.4, -0.2) is 6.54 Å². The van der Waals surface area contributed by atoms with Crippen molar-refractivity contribution < 1.29 is 0 Å². The van der Waals surface area contributed by atoms with Crippen LogP contribution in [0.4, 0.5) is 0 Å². The minimum atomic E-state index is 0.587. The third-order valence-corrected chi connectivity index (χ3v) is 4.22. The van der Waals surface area contributed by atoms with Crippen LogP contribution >= 0.6 is 0 Å². The third-order valence-electron chi connectivity index (χ3n) is 4.22. The first kappa shape index (κ1) is 12.6. The summed E-state index contributed by atoms with van der Waals surface area (Å²) >= 11 is 0. The van der Waals surface area contributed by atoms with Crippen molar-refractivity contribution in [3.05, 3.63) is 34.9 Å². The molecule has 1 fully saturated rings. The van der Waals surface area contributed by atoms with Crippen molar-refractivity contribution in [3.63, 3.8) is 0 Å². The molecule has 0 radical (unpaired) electrons. The first-order valence-electron chi connectivity index (χ1n) is 7.03. The van der Waals surface area contributed by atoms with Gasteiger partial charge in [-0.3, -0.25) is 0 Å². The van der Waals surface area contributed by atoms with Crippen LogP contribution in [0.5, 0.6) is 0 Å². The van der Waals surface area contributed by atoms with Crippen LogP contribution < -0.4 is 5.32 Å². The Morgan fingerprint density at radius 2 is 2.06 bits per heavy atom. The van der Waals surface area contributed by atoms with Crippen molar-refractivity contribution in [2.24, 2.45) is 5.92 Å². The maximum absolute atomic E-state index is 3.76. The molecule has 0 aliphatic heterocycles. The van der Waals surface area contributed by atoms with Crippen molar-refractivity contribution >= 4 is 0 Å². The van der Waals surface area contributed by atoms with Gasteiger partial charge in [-0.05, 0) is 62.3 Å². The van der Waals surface area contributed by atoms with Gasteiger partial charge in [-0.2, -0.15) is 0 Å². The summed E-state index contributed by atoms with van der Waals surface area (Å²) in [6.07, 6.45) is 5.43. The minimum absolute atomic E-state index is 0.587. The molecule has 1 aromatic rings. The van der Waals surface area contributed by atoms with Gasteiger partial charge >= 0.3 is 0 Å². The lowest BCUT2D eigenvalue weighted by Gasteiger charge is -2.36. The van der Waals surface area contributed by atoms with E-state index in [1.165, 1.54) is 42.4 Å². The Balaban J connectivity index is 2.21. The Morgan fingerprint density at radius 3 is 2.65 bits per heavy atom. The van der Waals surface area contributed by atoms with E-state index in [1.807, 2.05) is 0 Å². The summed E-state index contributed by atoms with van der Waals surface area (Å²) in [6, 6.07) is 7.32. The Bertz CT molecular complexity index is 366. The van der Waals surface area contributed by atoms with E-state index in [0.717, 1.165) is 12.5 Å². The number of benzene rings is 1. The van der Waals surface area contributed by atoms with Gasteiger partial charge < -0.3 is 5.32 Å². The van der Waals surface area contributed by atoms with Crippen LogP contribution in [0, 0.1) is 19.8 Å². The lowest BCUT2D eigenvalue weighted by molar-refractivity contribution is 0.230. The lowest BCUT2D eigenvalue weighted by Crippen LogP contribution is -2.33. The second-order valence-electron chi connectivity index (χ2n) is 5.41. The SMILES string of the molecule is CCCNC(c1cccc(C)c1C)C1CCC1. The molecule has 1 atom stereocenters. The first-order chi connectivity index (χ1) is 8.24. The molecule has 2 rings (SSSR count). The van der Waals surface area contributed by atoms with Crippen molar-refractivity contribution in [2.45, 2.75) is 52.5 Å². The molecule has 1 aliphatic rings. The van der Waals surface area contributed by atoms with E-state index < -0.39 is 0 Å². The van der Waals surface area contributed by atoms with Gasteiger partial charge in [0, 0.05) is 6.04 Å². The average Bonchev–Trinajstić information content (AvgIpc) is 2.26. The molecule has 0 amide bonds. The fourth-order valence-electron chi connectivity index (χ4n) is 2.71. The van der Waals surface area contributed by atoms with Gasteiger partial charge in [0.05, 0.1) is 0 Å². The highest BCUT2D eigenvalue weighted by atomic mass is 14.9. The fraction of sp³-hybridized carbons (Fsp3) is 0.625. The number of rotatable bonds is 5. The van der Waals surface area contributed by atoms with Crippen LogP contribution in [0.1, 0.15) is 55.3 Å². The van der Waals surface area contributed by atoms with Crippen molar-refractivity contribution in [1.82, 2.24) is 5.32 Å². The number of nitrogens with one attached hydrogen (secondary N) is 1. The van der Waals surface area contributed by atoms with Crippen LogP contribution in [0.15, 0.2) is 18.2 Å². The summed E-state index contributed by atoms with van der Waals surface area (Å²) in [5.41, 5.74) is 4.43. The average molecular weight is 231 g/mol. The largest absolute Gasteiger partial charge is 0.310 e. The molecule has 0 saturated heterocycles. The number of aryl methyl sites for hydroxylation is 1. The Morgan fingerprint density at radius 1 is 1.29 bits per heavy atom. The number of hydrogen-bond donors (Lipinski definition) is 1. The van der Waals surface area contributed by atoms with Gasteiger partial charge in [0.2, 0.25) is 0 Å². The molecule has 1 aromatic carbocycles. The van der Waals surface area contributed by atoms with E-state index in [0.29, 0.717) is 6.04 Å². The zero-order valence-electron chi connectivity index (χ0n) is 11.4. The molecule has 0 aromatic heterocycles. The van der Waals surface area contributed by atoms with Crippen molar-refractivity contribution in [2.75, 3.05) is 6.54 Å². The van der Waals surface area contributed by atoms with E-state index in [-0.39, 0.29) is 0 Å². The normalized spacial score (nSPS) is 17.8. The van der Waals surface area contributed by atoms with E-state index in [9.17, 15) is 0 Å². The van der Waals surface area contributed by atoms with Gasteiger partial charge in [-0.25, -0.2) is 0 Å². The van der Waals surface area contributed by atoms with Gasteiger partial charge in [0.15, 0.2) is 0 Å². The van der Waals surface area contributed by atoms with Crippen LogP contribution in [0.3, 0.4) is 0 Å². The van der Waals surface area contributed by atoms with Gasteiger partial charge in [-0.15, -0.1) is 0 Å². The summed E-state index contributed by atoms with van der Waals surface area (Å²) < 4.78 is 0. The van der Waals surface area contributed by atoms with Crippen molar-refractivity contribution in [3.8, 4) is 0 Å². The van der Waals surface area contributed by atoms with Gasteiger partial charge in [0.1, 0.15) is 0 Å². The van der Waals surface area contributed by atoms with E-state index in [2.05, 4.69) is 44.3 Å². The Labute approximate surface area is 106 Å². The van der Waals surface area contributed by atoms with E-state index >= 15 is 0 Å². The summed E-state index contributed by atoms with van der Waals surface area (Å²) in [5.74, 6) is 0.863. The topological polar surface area (TPSA) is 12.0 Å². The van der Waals surface area contributed by atoms with E-state index in [1.54, 1.807) is 0 Å². The first-order valence-corrected chi connectivity index (χ1v) is 7.03. The Hall–Kier alpha value is -0.820. The highest BCUT2D eigenvalue weighted by molar-refractivity contribution is 5.36. The molecule has 1 aliphatic carbocycles. The molecule has 0 bridgehead atoms. The van der Waals surface area contributed by atoms with E-state index in [4.69, 9.17) is 0 Å². The summed E-state index contributed by atoms with van der Waals surface area (Å²) in [4.78, 5) is 0. The summed E-state index contributed by atoms with van der Waals surface area (Å²) in [6.45, 7) is 7.86. The molecule has 1 heteroatoms. The van der Waals surface area contributed by atoms with Crippen molar-refractivity contribution in [1.29, 1.82) is 0 Å². The zero-order chi connectivity index (χ0) is 12.3. The fourth-order valence-corrected chi connectivity index (χ4v) is 2.71. The molecular formula is C16H25N. The highest BCUT2D eigenvalue weighted by Crippen LogP contribution is 2.39. The Kier molecular flexibility index (Phi) is 4.22. The number of hydrogen-bond acceptors (Lipinski definition) is 1. The summed E-state index contributed by atoms with van der Waals surface area (Å²) in [7, 11) is 0. The maximum atomic E-state index is 3.76. The quantitative estimate of drug-likeness (QED) is 0.803. The molecule has 17 heavy (non-hydrogen) atoms. The molecule has 1 unspecified atom stereocenters. The summed E-state index contributed by atoms with van der Waals surface area (Å²) in [5, 5.41) is 3.76. The maximum Gasteiger partial charge on any atom is 0.0351 e.